The maximum atomic E-state index is 13.8. The van der Waals surface area contributed by atoms with Crippen LogP contribution in [0, 0.1) is 5.92 Å². The van der Waals surface area contributed by atoms with Crippen molar-refractivity contribution in [2.45, 2.75) is 80.6 Å². The lowest BCUT2D eigenvalue weighted by atomic mass is 9.48. The van der Waals surface area contributed by atoms with Crippen LogP contribution < -0.4 is 9.47 Å². The summed E-state index contributed by atoms with van der Waals surface area (Å²) in [6.07, 6.45) is 3.70. The smallest absolute Gasteiger partial charge is 0.256 e. The summed E-state index contributed by atoms with van der Waals surface area (Å²) >= 11 is 0. The highest BCUT2D eigenvalue weighted by atomic mass is 16.5. The lowest BCUT2D eigenvalue weighted by molar-refractivity contribution is -0.204. The molecule has 1 spiro atoms. The fourth-order valence-corrected chi connectivity index (χ4v) is 9.23. The molecule has 3 aromatic carbocycles. The molecule has 216 valence electrons. The second-order valence-corrected chi connectivity index (χ2v) is 13.3. The minimum absolute atomic E-state index is 0.00448. The zero-order chi connectivity index (χ0) is 28.2. The van der Waals surface area contributed by atoms with E-state index in [0.717, 1.165) is 43.0 Å². The first-order valence-corrected chi connectivity index (χ1v) is 15.6. The van der Waals surface area contributed by atoms with Crippen molar-refractivity contribution in [3.05, 3.63) is 94.5 Å². The van der Waals surface area contributed by atoms with Gasteiger partial charge in [-0.05, 0) is 74.2 Å². The third-order valence-corrected chi connectivity index (χ3v) is 11.3. The molecule has 42 heavy (non-hydrogen) atoms. The monoisotopic (exact) mass is 564 g/mol. The quantitative estimate of drug-likeness (QED) is 0.464. The Balaban J connectivity index is 1.16. The Morgan fingerprint density at radius 2 is 1.79 bits per heavy atom. The Morgan fingerprint density at radius 3 is 2.60 bits per heavy atom. The number of hydrogen-bond acceptors (Lipinski definition) is 6. The van der Waals surface area contributed by atoms with E-state index in [1.807, 2.05) is 54.6 Å². The van der Waals surface area contributed by atoms with Crippen molar-refractivity contribution in [1.29, 1.82) is 0 Å². The number of piperidine rings is 1. The number of likely N-dealkylation sites (tertiary alicyclic amines) is 1. The average molecular weight is 565 g/mol. The molecule has 3 aromatic rings. The Hall–Kier alpha value is -3.39. The second kappa shape index (κ2) is 8.82. The Kier molecular flexibility index (Phi) is 5.28. The molecule has 2 saturated carbocycles. The van der Waals surface area contributed by atoms with Gasteiger partial charge in [0.2, 0.25) is 0 Å². The van der Waals surface area contributed by atoms with Gasteiger partial charge in [-0.1, -0.05) is 54.6 Å². The molecule has 2 bridgehead atoms. The molecule has 3 fully saturated rings. The van der Waals surface area contributed by atoms with Crippen molar-refractivity contribution in [3.63, 3.8) is 0 Å². The molecule has 6 atom stereocenters. The molecule has 1 amide bonds. The first-order chi connectivity index (χ1) is 20.5. The Bertz CT molecular complexity index is 1590. The Morgan fingerprint density at radius 1 is 0.976 bits per heavy atom. The van der Waals surface area contributed by atoms with Gasteiger partial charge in [-0.2, -0.15) is 0 Å². The molecule has 6 aliphatic rings. The van der Waals surface area contributed by atoms with Crippen LogP contribution in [0.1, 0.15) is 70.9 Å². The van der Waals surface area contributed by atoms with Crippen molar-refractivity contribution in [2.24, 2.45) is 5.92 Å². The van der Waals surface area contributed by atoms with Crippen LogP contribution in [0.15, 0.2) is 66.7 Å². The van der Waals surface area contributed by atoms with Crippen LogP contribution in [-0.4, -0.2) is 62.8 Å². The van der Waals surface area contributed by atoms with Crippen molar-refractivity contribution in [2.75, 3.05) is 13.1 Å². The lowest BCUT2D eigenvalue weighted by Gasteiger charge is -2.64. The second-order valence-electron chi connectivity index (χ2n) is 13.3. The van der Waals surface area contributed by atoms with E-state index in [0.29, 0.717) is 42.1 Å². The number of carbonyl (C=O) groups is 1. The third kappa shape index (κ3) is 3.24. The van der Waals surface area contributed by atoms with Gasteiger partial charge in [0.15, 0.2) is 17.7 Å². The van der Waals surface area contributed by atoms with Gasteiger partial charge in [-0.3, -0.25) is 9.69 Å². The van der Waals surface area contributed by atoms with Gasteiger partial charge in [-0.15, -0.1) is 0 Å². The van der Waals surface area contributed by atoms with E-state index < -0.39 is 23.3 Å². The fourth-order valence-electron chi connectivity index (χ4n) is 9.23. The van der Waals surface area contributed by atoms with Gasteiger partial charge in [0.05, 0.1) is 17.1 Å². The number of amides is 1. The first kappa shape index (κ1) is 25.1. The number of nitrogens with zero attached hydrogens (tertiary/aromatic N) is 2. The first-order valence-electron chi connectivity index (χ1n) is 15.6. The SMILES string of the molecule is O=C1c2ccccc2C(O)N1[C@@H]1CCC2(O)[C@H]3Cc4ccc(OCc5ccccc5)c5c4[C@@]2(CCN3CC2CC2)[C@H]1O5. The predicted octanol–water partition coefficient (Wildman–Crippen LogP) is 4.35. The molecule has 1 saturated heterocycles. The van der Waals surface area contributed by atoms with Gasteiger partial charge < -0.3 is 24.6 Å². The number of aliphatic hydroxyl groups excluding tert-OH is 1. The molecular formula is C35H36N2O5. The number of hydrogen-bond donors (Lipinski definition) is 2. The van der Waals surface area contributed by atoms with E-state index >= 15 is 0 Å². The lowest BCUT2D eigenvalue weighted by Crippen LogP contribution is -2.78. The molecule has 0 aromatic heterocycles. The minimum atomic E-state index is -1.03. The van der Waals surface area contributed by atoms with Crippen LogP contribution in [-0.2, 0) is 18.4 Å². The number of benzene rings is 3. The number of rotatable bonds is 6. The van der Waals surface area contributed by atoms with Crippen LogP contribution in [0.2, 0.25) is 0 Å². The minimum Gasteiger partial charge on any atom is -0.485 e. The molecule has 3 aliphatic heterocycles. The van der Waals surface area contributed by atoms with Gasteiger partial charge >= 0.3 is 0 Å². The highest BCUT2D eigenvalue weighted by Gasteiger charge is 2.74. The standard InChI is InChI=1S/C35H36N2O5/c38-32-24-8-4-5-9-25(24)33(39)37(32)26-14-15-35(40)28-18-23-12-13-27(41-20-22-6-2-1-3-7-22)30-29(23)34(35,31(26)42-30)16-17-36(28)19-21-10-11-21/h1-9,12-13,21,26,28,31-32,38,40H,10-11,14-20H2/t26-,28-,31+,32?,34+,35?/m1/s1. The molecule has 0 radical (unpaired) electrons. The fraction of sp³-hybridized carbons (Fsp3) is 0.457. The van der Waals surface area contributed by atoms with Gasteiger partial charge in [-0.25, -0.2) is 0 Å². The number of fused-ring (bicyclic) bond motifs is 1. The molecule has 3 aliphatic carbocycles. The van der Waals surface area contributed by atoms with Crippen LogP contribution >= 0.6 is 0 Å². The van der Waals surface area contributed by atoms with E-state index in [2.05, 4.69) is 11.0 Å². The van der Waals surface area contributed by atoms with Gasteiger partial charge in [0.25, 0.3) is 5.91 Å². The average Bonchev–Trinajstić information content (AvgIpc) is 3.70. The normalized spacial score (nSPS) is 34.1. The van der Waals surface area contributed by atoms with Crippen molar-refractivity contribution < 1.29 is 24.5 Å². The van der Waals surface area contributed by atoms with Crippen LogP contribution in [0.5, 0.6) is 11.5 Å². The number of aliphatic hydroxyl groups is 2. The largest absolute Gasteiger partial charge is 0.485 e. The van der Waals surface area contributed by atoms with Crippen LogP contribution in [0.25, 0.3) is 0 Å². The molecule has 2 unspecified atom stereocenters. The molecular weight excluding hydrogens is 528 g/mol. The van der Waals surface area contributed by atoms with Crippen molar-refractivity contribution in [1.82, 2.24) is 9.80 Å². The number of carbonyl (C=O) groups excluding carboxylic acids is 1. The molecule has 2 N–H and O–H groups in total. The molecule has 3 heterocycles. The zero-order valence-electron chi connectivity index (χ0n) is 23.6. The zero-order valence-corrected chi connectivity index (χ0v) is 23.6. The highest BCUT2D eigenvalue weighted by molar-refractivity contribution is 5.99. The molecule has 7 heteroatoms. The summed E-state index contributed by atoms with van der Waals surface area (Å²) < 4.78 is 13.4. The summed E-state index contributed by atoms with van der Waals surface area (Å²) in [4.78, 5) is 18.0. The van der Waals surface area contributed by atoms with Crippen molar-refractivity contribution >= 4 is 5.91 Å². The van der Waals surface area contributed by atoms with E-state index in [1.54, 1.807) is 11.0 Å². The maximum absolute atomic E-state index is 13.8. The summed E-state index contributed by atoms with van der Waals surface area (Å²) in [5.74, 6) is 1.96. The third-order valence-electron chi connectivity index (χ3n) is 11.3. The highest BCUT2D eigenvalue weighted by Crippen LogP contribution is 2.66. The van der Waals surface area contributed by atoms with Gasteiger partial charge in [0, 0.05) is 29.3 Å². The summed E-state index contributed by atoms with van der Waals surface area (Å²) in [6.45, 7) is 2.34. The summed E-state index contributed by atoms with van der Waals surface area (Å²) in [5.41, 5.74) is 2.89. The summed E-state index contributed by atoms with van der Waals surface area (Å²) in [7, 11) is 0. The number of ether oxygens (including phenoxy) is 2. The Labute approximate surface area is 245 Å². The van der Waals surface area contributed by atoms with E-state index in [1.165, 1.54) is 18.4 Å². The van der Waals surface area contributed by atoms with E-state index in [4.69, 9.17) is 9.47 Å². The van der Waals surface area contributed by atoms with E-state index in [9.17, 15) is 15.0 Å². The molecule has 9 rings (SSSR count). The summed E-state index contributed by atoms with van der Waals surface area (Å²) in [5, 5.41) is 24.4. The van der Waals surface area contributed by atoms with E-state index in [-0.39, 0.29) is 18.0 Å². The predicted molar refractivity (Wildman–Crippen MR) is 155 cm³/mol. The maximum Gasteiger partial charge on any atom is 0.256 e. The molecule has 7 nitrogen and oxygen atoms in total. The van der Waals surface area contributed by atoms with Crippen LogP contribution in [0.3, 0.4) is 0 Å². The summed E-state index contributed by atoms with van der Waals surface area (Å²) in [6, 6.07) is 21.3. The van der Waals surface area contributed by atoms with Crippen molar-refractivity contribution in [3.8, 4) is 11.5 Å². The van der Waals surface area contributed by atoms with Gasteiger partial charge in [0.1, 0.15) is 12.7 Å². The van der Waals surface area contributed by atoms with Crippen LogP contribution in [0.4, 0.5) is 0 Å². The topological polar surface area (TPSA) is 82.5 Å².